The highest BCUT2D eigenvalue weighted by Gasteiger charge is 2.23. The molecule has 0 saturated carbocycles. The van der Waals surface area contributed by atoms with Gasteiger partial charge in [-0.1, -0.05) is 84.7 Å². The van der Waals surface area contributed by atoms with E-state index < -0.39 is 36.3 Å². The second-order valence-electron chi connectivity index (χ2n) is 16.9. The second-order valence-corrected chi connectivity index (χ2v) is 17.7. The third kappa shape index (κ3) is 16.8. The van der Waals surface area contributed by atoms with Gasteiger partial charge in [-0.3, -0.25) is 14.7 Å². The number of likely N-dealkylation sites (tertiary alicyclic amines) is 1. The first-order valence-electron chi connectivity index (χ1n) is 24.1. The van der Waals surface area contributed by atoms with Crippen molar-refractivity contribution in [2.75, 3.05) is 87.1 Å². The molecular weight excluding hydrogens is 1020 g/mol. The molecule has 0 bridgehead atoms. The van der Waals surface area contributed by atoms with Crippen LogP contribution in [0.25, 0.3) is 22.9 Å². The number of anilines is 2. The molecule has 73 heavy (non-hydrogen) atoms. The number of hydrogen-bond donors (Lipinski definition) is 2. The first-order chi connectivity index (χ1) is 35.4. The fraction of sp³-hybridized carbons (Fsp3) is 0.412. The summed E-state index contributed by atoms with van der Waals surface area (Å²) in [6.07, 6.45) is -1.51. The molecule has 0 spiro atoms. The van der Waals surface area contributed by atoms with E-state index in [4.69, 9.17) is 8.83 Å². The molecule has 4 aromatic carbocycles. The number of nitrogens with one attached hydrogen (secondary N) is 2. The standard InChI is InChI=1S/C25H29F3N6O2.C19H16BrF3N4O2.C7H15N/c1-2-32-12-14-33(15-13-32)11-10-29-25(35)34(20-6-4-3-5-7-20)17-19-9-8-18(16-21(19)26)23-30-31-24(36-23)22(27)28;20-8-9-24-19(28)27(14-4-2-1-3-5-14)11-13-7-6-12(10-15(13)21)17-25-26-18(29-17)16(22)23;1-2-8-6-4-3-5-7-8/h3-9,16,22H,2,10-15,17H2,1H3,(H,29,35);1-7,10,16H,8-9,11H2,(H,24,28);2-7H2,1H3. The van der Waals surface area contributed by atoms with Crippen molar-refractivity contribution < 1.29 is 44.8 Å². The predicted molar refractivity (Wildman–Crippen MR) is 270 cm³/mol. The largest absolute Gasteiger partial charge is 0.415 e. The minimum atomic E-state index is -2.91. The molecule has 392 valence electrons. The van der Waals surface area contributed by atoms with Crippen LogP contribution in [0, 0.1) is 11.6 Å². The van der Waals surface area contributed by atoms with E-state index in [1.807, 2.05) is 12.1 Å². The van der Waals surface area contributed by atoms with Crippen molar-refractivity contribution in [2.45, 2.75) is 59.1 Å². The van der Waals surface area contributed by atoms with Gasteiger partial charge in [0.2, 0.25) is 11.8 Å². The summed E-state index contributed by atoms with van der Waals surface area (Å²) in [5, 5.41) is 19.8. The van der Waals surface area contributed by atoms with Gasteiger partial charge in [0.15, 0.2) is 0 Å². The van der Waals surface area contributed by atoms with E-state index in [2.05, 4.69) is 75.5 Å². The number of amides is 4. The highest BCUT2D eigenvalue weighted by Crippen LogP contribution is 2.28. The van der Waals surface area contributed by atoms with Crippen LogP contribution in [-0.2, 0) is 13.1 Å². The summed E-state index contributed by atoms with van der Waals surface area (Å²) in [6.45, 7) is 14.9. The van der Waals surface area contributed by atoms with Crippen molar-refractivity contribution in [3.63, 3.8) is 0 Å². The van der Waals surface area contributed by atoms with E-state index in [-0.39, 0.29) is 59.2 Å². The van der Waals surface area contributed by atoms with Gasteiger partial charge in [0.25, 0.3) is 11.8 Å². The number of urea groups is 2. The molecule has 2 aliphatic heterocycles. The van der Waals surface area contributed by atoms with E-state index in [0.717, 1.165) is 51.4 Å². The Morgan fingerprint density at radius 2 is 1.01 bits per heavy atom. The Morgan fingerprint density at radius 1 is 0.589 bits per heavy atom. The van der Waals surface area contributed by atoms with Crippen LogP contribution in [-0.4, -0.2) is 124 Å². The summed E-state index contributed by atoms with van der Waals surface area (Å²) in [7, 11) is 0. The lowest BCUT2D eigenvalue weighted by Gasteiger charge is -2.34. The van der Waals surface area contributed by atoms with Crippen molar-refractivity contribution in [2.24, 2.45) is 0 Å². The van der Waals surface area contributed by atoms with Crippen molar-refractivity contribution >= 4 is 39.4 Å². The van der Waals surface area contributed by atoms with Crippen LogP contribution in [0.4, 0.5) is 47.3 Å². The predicted octanol–water partition coefficient (Wildman–Crippen LogP) is 10.6. The van der Waals surface area contributed by atoms with Gasteiger partial charge in [-0.2, -0.15) is 17.6 Å². The maximum absolute atomic E-state index is 15.0. The molecule has 2 fully saturated rings. The number of likely N-dealkylation sites (N-methyl/N-ethyl adjacent to an activating group) is 1. The van der Waals surface area contributed by atoms with Gasteiger partial charge < -0.3 is 29.3 Å². The quantitative estimate of drug-likeness (QED) is 0.0663. The molecule has 2 aliphatic rings. The van der Waals surface area contributed by atoms with Gasteiger partial charge in [0, 0.05) is 84.8 Å². The Balaban J connectivity index is 0.000000210. The van der Waals surface area contributed by atoms with Crippen molar-refractivity contribution in [3.05, 3.63) is 132 Å². The number of halogens is 7. The summed E-state index contributed by atoms with van der Waals surface area (Å²) < 4.78 is 90.1. The maximum Gasteiger partial charge on any atom is 0.322 e. The van der Waals surface area contributed by atoms with Crippen molar-refractivity contribution in [1.29, 1.82) is 0 Å². The average Bonchev–Trinajstić information content (AvgIpc) is 4.13. The normalized spacial score (nSPS) is 14.2. The fourth-order valence-corrected chi connectivity index (χ4v) is 8.08. The van der Waals surface area contributed by atoms with E-state index >= 15 is 0 Å². The molecule has 2 aromatic heterocycles. The highest BCUT2D eigenvalue weighted by atomic mass is 79.9. The minimum absolute atomic E-state index is 0.0246. The molecule has 22 heteroatoms. The Labute approximate surface area is 429 Å². The van der Waals surface area contributed by atoms with Crippen LogP contribution in [0.15, 0.2) is 106 Å². The van der Waals surface area contributed by atoms with Crippen LogP contribution < -0.4 is 20.4 Å². The molecule has 0 atom stereocenters. The summed E-state index contributed by atoms with van der Waals surface area (Å²) >= 11 is 3.24. The lowest BCUT2D eigenvalue weighted by atomic mass is 10.1. The molecule has 8 rings (SSSR count). The first-order valence-corrected chi connectivity index (χ1v) is 25.2. The topological polar surface area (TPSA) is 152 Å². The molecule has 0 aliphatic carbocycles. The van der Waals surface area contributed by atoms with E-state index in [1.165, 1.54) is 73.0 Å². The highest BCUT2D eigenvalue weighted by molar-refractivity contribution is 9.09. The Hall–Kier alpha value is -6.36. The SMILES string of the molecule is CCN1CCCCC1.CCN1CCN(CCNC(=O)N(Cc2ccc(-c3nnc(C(F)F)o3)cc2F)c2ccccc2)CC1.O=C(NCCBr)N(Cc1ccc(-c2nnc(C(F)F)o2)cc1F)c1ccccc1. The first kappa shape index (κ1) is 55.9. The van der Waals surface area contributed by atoms with Gasteiger partial charge in [-0.25, -0.2) is 18.4 Å². The molecule has 2 saturated heterocycles. The van der Waals surface area contributed by atoms with Gasteiger partial charge >= 0.3 is 24.9 Å². The average molecular weight is 1090 g/mol. The molecule has 15 nitrogen and oxygen atoms in total. The number of rotatable bonds is 17. The molecule has 0 unspecified atom stereocenters. The van der Waals surface area contributed by atoms with E-state index in [1.54, 1.807) is 48.5 Å². The monoisotopic (exact) mass is 1080 g/mol. The molecule has 4 amide bonds. The number of carbonyl (C=O) groups excluding carboxylic acids is 2. The molecular formula is C51H60BrF6N11O4. The van der Waals surface area contributed by atoms with Gasteiger partial charge in [-0.05, 0) is 87.6 Å². The summed E-state index contributed by atoms with van der Waals surface area (Å²) in [5.74, 6) is -3.31. The number of nitrogens with zero attached hydrogens (tertiary/aromatic N) is 9. The van der Waals surface area contributed by atoms with Gasteiger partial charge in [-0.15, -0.1) is 20.4 Å². The lowest BCUT2D eigenvalue weighted by Crippen LogP contribution is -2.49. The van der Waals surface area contributed by atoms with Crippen LogP contribution in [0.2, 0.25) is 0 Å². The van der Waals surface area contributed by atoms with Gasteiger partial charge in [0.05, 0.1) is 13.1 Å². The van der Waals surface area contributed by atoms with Gasteiger partial charge in [0.1, 0.15) is 11.6 Å². The summed E-state index contributed by atoms with van der Waals surface area (Å²) in [5.41, 5.74) is 2.05. The molecule has 6 aromatic rings. The number of alkyl halides is 5. The number of hydrogen-bond acceptors (Lipinski definition) is 11. The Morgan fingerprint density at radius 3 is 1.40 bits per heavy atom. The zero-order valence-electron chi connectivity index (χ0n) is 40.7. The van der Waals surface area contributed by atoms with Crippen molar-refractivity contribution in [1.82, 2.24) is 45.7 Å². The number of piperazine rings is 1. The zero-order chi connectivity index (χ0) is 52.1. The van der Waals surface area contributed by atoms with Crippen LogP contribution >= 0.6 is 15.9 Å². The Bertz CT molecular complexity index is 2600. The van der Waals surface area contributed by atoms with E-state index in [9.17, 15) is 35.9 Å². The third-order valence-electron chi connectivity index (χ3n) is 12.0. The molecule has 0 radical (unpaired) electrons. The van der Waals surface area contributed by atoms with E-state index in [0.29, 0.717) is 29.8 Å². The minimum Gasteiger partial charge on any atom is -0.415 e. The number of piperidine rings is 1. The smallest absolute Gasteiger partial charge is 0.322 e. The molecule has 4 heterocycles. The number of para-hydroxylation sites is 2. The summed E-state index contributed by atoms with van der Waals surface area (Å²) in [6, 6.07) is 25.3. The van der Waals surface area contributed by atoms with Crippen LogP contribution in [0.3, 0.4) is 0 Å². The number of aromatic nitrogens is 4. The number of carbonyl (C=O) groups is 2. The van der Waals surface area contributed by atoms with Crippen LogP contribution in [0.5, 0.6) is 0 Å². The van der Waals surface area contributed by atoms with Crippen LogP contribution in [0.1, 0.15) is 68.9 Å². The molecule has 2 N–H and O–H groups in total. The third-order valence-corrected chi connectivity index (χ3v) is 12.4. The second kappa shape index (κ2) is 28.8. The summed E-state index contributed by atoms with van der Waals surface area (Å²) in [4.78, 5) is 35.8. The fourth-order valence-electron chi connectivity index (χ4n) is 7.88. The lowest BCUT2D eigenvalue weighted by molar-refractivity contribution is 0.115. The Kier molecular flexibility index (Phi) is 22.0. The number of benzene rings is 4. The van der Waals surface area contributed by atoms with Crippen molar-refractivity contribution in [3.8, 4) is 22.9 Å². The zero-order valence-corrected chi connectivity index (χ0v) is 42.3. The maximum atomic E-state index is 15.0.